The minimum atomic E-state index is -1.47. The lowest BCUT2D eigenvalue weighted by Gasteiger charge is -2.53. The van der Waals surface area contributed by atoms with Gasteiger partial charge in [-0.25, -0.2) is 0 Å². The van der Waals surface area contributed by atoms with E-state index < -0.39 is 11.6 Å². The molecule has 5 heteroatoms. The molecule has 1 saturated heterocycles. The highest BCUT2D eigenvalue weighted by Gasteiger charge is 2.60. The predicted molar refractivity (Wildman–Crippen MR) is 97.1 cm³/mol. The van der Waals surface area contributed by atoms with Crippen LogP contribution >= 0.6 is 15.9 Å². The third-order valence-corrected chi connectivity index (χ3v) is 4.76. The summed E-state index contributed by atoms with van der Waals surface area (Å²) in [6, 6.07) is 14.4. The molecular formula is C19H18BrNO3. The van der Waals surface area contributed by atoms with Crippen molar-refractivity contribution < 1.29 is 14.6 Å². The summed E-state index contributed by atoms with van der Waals surface area (Å²) in [4.78, 5) is 14.3. The average molecular weight is 388 g/mol. The summed E-state index contributed by atoms with van der Waals surface area (Å²) in [5.41, 5.74) is 0.117. The summed E-state index contributed by atoms with van der Waals surface area (Å²) in [6.07, 6.45) is 1.78. The van der Waals surface area contributed by atoms with E-state index in [2.05, 4.69) is 22.5 Å². The predicted octanol–water partition coefficient (Wildman–Crippen LogP) is 3.85. The normalized spacial score (nSPS) is 22.9. The van der Waals surface area contributed by atoms with E-state index in [1.165, 1.54) is 0 Å². The van der Waals surface area contributed by atoms with Gasteiger partial charge >= 0.3 is 0 Å². The summed E-state index contributed by atoms with van der Waals surface area (Å²) in [5.74, 6) is 0.393. The van der Waals surface area contributed by atoms with Gasteiger partial charge in [0.2, 0.25) is 0 Å². The van der Waals surface area contributed by atoms with Crippen LogP contribution in [0, 0.1) is 0 Å². The molecule has 0 bridgehead atoms. The number of hydrogen-bond acceptors (Lipinski definition) is 3. The van der Waals surface area contributed by atoms with Crippen LogP contribution in [0.2, 0.25) is 0 Å². The number of anilines is 1. The van der Waals surface area contributed by atoms with Crippen LogP contribution in [0.4, 0.5) is 5.69 Å². The maximum Gasteiger partial charge on any atom is 0.262 e. The molecule has 2 aromatic carbocycles. The van der Waals surface area contributed by atoms with Gasteiger partial charge in [-0.1, -0.05) is 34.1 Å². The Labute approximate surface area is 149 Å². The summed E-state index contributed by atoms with van der Waals surface area (Å²) < 4.78 is 6.06. The van der Waals surface area contributed by atoms with E-state index in [4.69, 9.17) is 4.74 Å². The van der Waals surface area contributed by atoms with E-state index in [-0.39, 0.29) is 12.3 Å². The summed E-state index contributed by atoms with van der Waals surface area (Å²) in [5, 5.41) is 10.9. The smallest absolute Gasteiger partial charge is 0.262 e. The van der Waals surface area contributed by atoms with Crippen molar-refractivity contribution in [3.63, 3.8) is 0 Å². The maximum atomic E-state index is 12.7. The fourth-order valence-corrected chi connectivity index (χ4v) is 3.54. The number of halogens is 1. The van der Waals surface area contributed by atoms with Gasteiger partial charge in [-0.3, -0.25) is 9.69 Å². The lowest BCUT2D eigenvalue weighted by Crippen LogP contribution is -2.68. The number of carbonyl (C=O) groups is 1. The van der Waals surface area contributed by atoms with Crippen molar-refractivity contribution in [2.24, 2.45) is 0 Å². The van der Waals surface area contributed by atoms with E-state index in [9.17, 15) is 9.90 Å². The topological polar surface area (TPSA) is 49.8 Å². The molecule has 1 fully saturated rings. The Morgan fingerprint density at radius 2 is 2.04 bits per heavy atom. The minimum Gasteiger partial charge on any atom is -0.497 e. The zero-order valence-electron chi connectivity index (χ0n) is 13.3. The number of amides is 1. The number of β-lactam (4-membered cyclic amide) rings is 1. The van der Waals surface area contributed by atoms with E-state index in [1.54, 1.807) is 30.2 Å². The molecule has 2 aromatic rings. The van der Waals surface area contributed by atoms with Crippen LogP contribution in [-0.4, -0.2) is 23.7 Å². The monoisotopic (exact) mass is 387 g/mol. The van der Waals surface area contributed by atoms with Crippen molar-refractivity contribution in [1.29, 1.82) is 0 Å². The van der Waals surface area contributed by atoms with Gasteiger partial charge in [0.1, 0.15) is 11.8 Å². The first kappa shape index (κ1) is 16.7. The molecule has 1 amide bonds. The Morgan fingerprint density at radius 3 is 2.62 bits per heavy atom. The number of aliphatic hydroxyl groups is 1. The molecule has 0 radical (unpaired) electrons. The van der Waals surface area contributed by atoms with Gasteiger partial charge in [-0.2, -0.15) is 0 Å². The SMILES string of the molecule is C=CC[C@@]1(O)C(=O)N(c2ccc(OC)cc2)[C@@H]1c1cccc(Br)c1. The second-order valence-electron chi connectivity index (χ2n) is 5.75. The van der Waals surface area contributed by atoms with Crippen LogP contribution in [0.5, 0.6) is 5.75 Å². The Bertz CT molecular complexity index is 774. The molecule has 3 rings (SSSR count). The number of benzene rings is 2. The van der Waals surface area contributed by atoms with Crippen LogP contribution in [0.25, 0.3) is 0 Å². The molecule has 1 aliphatic rings. The Morgan fingerprint density at radius 1 is 1.33 bits per heavy atom. The van der Waals surface area contributed by atoms with Crippen LogP contribution in [0.1, 0.15) is 18.0 Å². The lowest BCUT2D eigenvalue weighted by molar-refractivity contribution is -0.153. The molecule has 0 unspecified atom stereocenters. The molecule has 2 atom stereocenters. The highest BCUT2D eigenvalue weighted by molar-refractivity contribution is 9.10. The largest absolute Gasteiger partial charge is 0.497 e. The van der Waals surface area contributed by atoms with E-state index >= 15 is 0 Å². The third kappa shape index (κ3) is 2.64. The van der Waals surface area contributed by atoms with E-state index in [0.717, 1.165) is 15.7 Å². The number of methoxy groups -OCH3 is 1. The van der Waals surface area contributed by atoms with Crippen LogP contribution in [0.15, 0.2) is 65.7 Å². The van der Waals surface area contributed by atoms with Crippen LogP contribution in [0.3, 0.4) is 0 Å². The summed E-state index contributed by atoms with van der Waals surface area (Å²) in [7, 11) is 1.59. The molecule has 24 heavy (non-hydrogen) atoms. The van der Waals surface area contributed by atoms with Gasteiger partial charge < -0.3 is 9.84 Å². The van der Waals surface area contributed by atoms with Crippen molar-refractivity contribution in [3.8, 4) is 5.75 Å². The second-order valence-corrected chi connectivity index (χ2v) is 6.66. The van der Waals surface area contributed by atoms with Gasteiger partial charge in [0, 0.05) is 16.6 Å². The molecule has 4 nitrogen and oxygen atoms in total. The molecule has 0 spiro atoms. The van der Waals surface area contributed by atoms with Crippen LogP contribution in [-0.2, 0) is 4.79 Å². The molecule has 1 aliphatic heterocycles. The maximum absolute atomic E-state index is 12.7. The Balaban J connectivity index is 2.03. The standard InChI is InChI=1S/C19H18BrNO3/c1-3-11-19(23)17(13-5-4-6-14(20)12-13)21(18(19)22)15-7-9-16(24-2)10-8-15/h3-10,12,17,23H,1,11H2,2H3/t17-,19+/m1/s1. The fraction of sp³-hybridized carbons (Fsp3) is 0.211. The van der Waals surface area contributed by atoms with E-state index in [1.807, 2.05) is 36.4 Å². The third-order valence-electron chi connectivity index (χ3n) is 4.27. The first-order valence-electron chi connectivity index (χ1n) is 7.57. The lowest BCUT2D eigenvalue weighted by atomic mass is 9.75. The van der Waals surface area contributed by atoms with Gasteiger partial charge in [0.05, 0.1) is 7.11 Å². The fourth-order valence-electron chi connectivity index (χ4n) is 3.12. The van der Waals surface area contributed by atoms with Crippen LogP contribution < -0.4 is 9.64 Å². The number of hydrogen-bond donors (Lipinski definition) is 1. The molecule has 124 valence electrons. The van der Waals surface area contributed by atoms with Gasteiger partial charge in [-0.05, 0) is 42.0 Å². The van der Waals surface area contributed by atoms with Crippen molar-refractivity contribution in [2.45, 2.75) is 18.1 Å². The van der Waals surface area contributed by atoms with Crippen molar-refractivity contribution in [3.05, 3.63) is 71.2 Å². The van der Waals surface area contributed by atoms with Gasteiger partial charge in [0.15, 0.2) is 5.60 Å². The van der Waals surface area contributed by atoms with Gasteiger partial charge in [0.25, 0.3) is 5.91 Å². The molecule has 1 heterocycles. The highest BCUT2D eigenvalue weighted by atomic mass is 79.9. The van der Waals surface area contributed by atoms with Gasteiger partial charge in [-0.15, -0.1) is 6.58 Å². The first-order valence-corrected chi connectivity index (χ1v) is 8.37. The molecule has 1 N–H and O–H groups in total. The molecule has 0 saturated carbocycles. The number of carbonyl (C=O) groups excluding carboxylic acids is 1. The minimum absolute atomic E-state index is 0.204. The molecular weight excluding hydrogens is 370 g/mol. The molecule has 0 aliphatic carbocycles. The Hall–Kier alpha value is -2.11. The number of rotatable bonds is 5. The second kappa shape index (κ2) is 6.42. The quantitative estimate of drug-likeness (QED) is 0.625. The Kier molecular flexibility index (Phi) is 4.47. The van der Waals surface area contributed by atoms with Crippen molar-refractivity contribution in [1.82, 2.24) is 0 Å². The average Bonchev–Trinajstić information content (AvgIpc) is 2.59. The first-order chi connectivity index (χ1) is 11.5. The number of nitrogens with zero attached hydrogens (tertiary/aromatic N) is 1. The van der Waals surface area contributed by atoms with Crippen molar-refractivity contribution >= 4 is 27.5 Å². The number of ether oxygens (including phenoxy) is 1. The zero-order valence-corrected chi connectivity index (χ0v) is 14.9. The zero-order chi connectivity index (χ0) is 17.3. The highest BCUT2D eigenvalue weighted by Crippen LogP contribution is 2.48. The summed E-state index contributed by atoms with van der Waals surface area (Å²) in [6.45, 7) is 3.67. The van der Waals surface area contributed by atoms with E-state index in [0.29, 0.717) is 5.75 Å². The van der Waals surface area contributed by atoms with Crippen molar-refractivity contribution in [2.75, 3.05) is 12.0 Å². The summed E-state index contributed by atoms with van der Waals surface area (Å²) >= 11 is 3.45. The molecule has 0 aromatic heterocycles.